The molecule has 0 unspecified atom stereocenters. The highest BCUT2D eigenvalue weighted by Gasteiger charge is 2.46. The summed E-state index contributed by atoms with van der Waals surface area (Å²) < 4.78 is 0. The van der Waals surface area contributed by atoms with E-state index in [2.05, 4.69) is 27.4 Å². The summed E-state index contributed by atoms with van der Waals surface area (Å²) in [5, 5.41) is 3.64. The topological polar surface area (TPSA) is 101 Å². The van der Waals surface area contributed by atoms with Crippen molar-refractivity contribution in [1.82, 2.24) is 15.3 Å². The minimum Gasteiger partial charge on any atom is -0.355 e. The third kappa shape index (κ3) is 2.71. The fourth-order valence-electron chi connectivity index (χ4n) is 4.07. The number of hydrogen-bond donors (Lipinski definition) is 3. The molecule has 2 aromatic rings. The zero-order valence-corrected chi connectivity index (χ0v) is 15.2. The Morgan fingerprint density at radius 1 is 1.40 bits per heavy atom. The van der Waals surface area contributed by atoms with Gasteiger partial charge in [-0.05, 0) is 37.7 Å². The van der Waals surface area contributed by atoms with E-state index in [9.17, 15) is 9.59 Å². The van der Waals surface area contributed by atoms with Crippen molar-refractivity contribution in [2.45, 2.75) is 32.7 Å². The average molecular weight is 358 g/mol. The molecule has 132 valence electrons. The van der Waals surface area contributed by atoms with E-state index in [-0.39, 0.29) is 29.3 Å². The van der Waals surface area contributed by atoms with Gasteiger partial charge in [-0.2, -0.15) is 0 Å². The maximum Gasteiger partial charge on any atom is 0.259 e. The zero-order chi connectivity index (χ0) is 17.7. The van der Waals surface area contributed by atoms with Crippen molar-refractivity contribution in [2.24, 2.45) is 23.5 Å². The van der Waals surface area contributed by atoms with Gasteiger partial charge < -0.3 is 16.0 Å². The highest BCUT2D eigenvalue weighted by molar-refractivity contribution is 7.18. The summed E-state index contributed by atoms with van der Waals surface area (Å²) in [5.41, 5.74) is 7.07. The number of aryl methyl sites for hydroxylation is 2. The summed E-state index contributed by atoms with van der Waals surface area (Å²) in [4.78, 5) is 34.0. The van der Waals surface area contributed by atoms with Crippen molar-refractivity contribution in [1.29, 1.82) is 0 Å². The highest BCUT2D eigenvalue weighted by Crippen LogP contribution is 2.42. The molecule has 4 N–H and O–H groups in total. The second-order valence-corrected chi connectivity index (χ2v) is 8.27. The normalized spacial score (nSPS) is 27.3. The van der Waals surface area contributed by atoms with Gasteiger partial charge in [0.25, 0.3) is 5.56 Å². The number of H-pyrrole nitrogens is 1. The lowest BCUT2D eigenvalue weighted by Gasteiger charge is -2.23. The first kappa shape index (κ1) is 16.5. The minimum absolute atomic E-state index is 0.00980. The van der Waals surface area contributed by atoms with Crippen LogP contribution in [-0.4, -0.2) is 28.5 Å². The number of rotatable bonds is 4. The number of aromatic nitrogens is 2. The number of hydrogen-bond acceptors (Lipinski definition) is 5. The molecule has 2 aromatic heterocycles. The highest BCUT2D eigenvalue weighted by atomic mass is 32.1. The first-order valence-corrected chi connectivity index (χ1v) is 9.48. The van der Waals surface area contributed by atoms with Crippen LogP contribution in [0.15, 0.2) is 16.9 Å². The molecule has 2 aliphatic carbocycles. The smallest absolute Gasteiger partial charge is 0.259 e. The van der Waals surface area contributed by atoms with Gasteiger partial charge in [0.2, 0.25) is 5.91 Å². The molecule has 1 fully saturated rings. The molecule has 4 atom stereocenters. The lowest BCUT2D eigenvalue weighted by molar-refractivity contribution is -0.126. The molecule has 1 saturated carbocycles. The zero-order valence-electron chi connectivity index (χ0n) is 14.3. The van der Waals surface area contributed by atoms with Crippen LogP contribution in [-0.2, 0) is 11.2 Å². The lowest BCUT2D eigenvalue weighted by atomic mass is 9.89. The van der Waals surface area contributed by atoms with Crippen LogP contribution in [0.25, 0.3) is 10.2 Å². The fourth-order valence-corrected chi connectivity index (χ4v) is 5.12. The quantitative estimate of drug-likeness (QED) is 0.719. The molecule has 0 aliphatic heterocycles. The lowest BCUT2D eigenvalue weighted by Crippen LogP contribution is -2.44. The Kier molecular flexibility index (Phi) is 4.00. The van der Waals surface area contributed by atoms with Crippen molar-refractivity contribution in [3.63, 3.8) is 0 Å². The Morgan fingerprint density at radius 2 is 2.16 bits per heavy atom. The average Bonchev–Trinajstić information content (AvgIpc) is 3.22. The van der Waals surface area contributed by atoms with Crippen LogP contribution in [0, 0.1) is 31.6 Å². The van der Waals surface area contributed by atoms with E-state index in [1.165, 1.54) is 11.3 Å². The van der Waals surface area contributed by atoms with E-state index >= 15 is 0 Å². The molecule has 7 heteroatoms. The summed E-state index contributed by atoms with van der Waals surface area (Å²) in [5.74, 6) is 1.09. The van der Waals surface area contributed by atoms with Crippen LogP contribution in [0.1, 0.15) is 22.7 Å². The van der Waals surface area contributed by atoms with E-state index in [0.717, 1.165) is 21.7 Å². The first-order valence-electron chi connectivity index (χ1n) is 8.66. The van der Waals surface area contributed by atoms with Gasteiger partial charge in [0, 0.05) is 23.9 Å². The van der Waals surface area contributed by atoms with Crippen molar-refractivity contribution in [3.8, 4) is 0 Å². The van der Waals surface area contributed by atoms with Crippen LogP contribution in [0.5, 0.6) is 0 Å². The number of fused-ring (bicyclic) bond motifs is 3. The Hall–Kier alpha value is -1.99. The maximum absolute atomic E-state index is 12.4. The van der Waals surface area contributed by atoms with Gasteiger partial charge in [-0.3, -0.25) is 9.59 Å². The molecule has 2 heterocycles. The molecular weight excluding hydrogens is 336 g/mol. The van der Waals surface area contributed by atoms with E-state index in [1.807, 2.05) is 13.8 Å². The van der Waals surface area contributed by atoms with E-state index < -0.39 is 0 Å². The Labute approximate surface area is 149 Å². The maximum atomic E-state index is 12.4. The largest absolute Gasteiger partial charge is 0.355 e. The van der Waals surface area contributed by atoms with Crippen molar-refractivity contribution < 1.29 is 4.79 Å². The van der Waals surface area contributed by atoms with Gasteiger partial charge in [0.05, 0.1) is 11.3 Å². The number of nitrogens with zero attached hydrogens (tertiary/aromatic N) is 1. The number of aromatic amines is 1. The number of carbonyl (C=O) groups excluding carboxylic acids is 1. The first-order chi connectivity index (χ1) is 12.0. The summed E-state index contributed by atoms with van der Waals surface area (Å²) in [7, 11) is 0. The van der Waals surface area contributed by atoms with E-state index in [4.69, 9.17) is 5.73 Å². The van der Waals surface area contributed by atoms with Gasteiger partial charge in [0.1, 0.15) is 10.7 Å². The number of allylic oxidation sites excluding steroid dienone is 1. The number of nitrogens with two attached hydrogens (primary N) is 1. The van der Waals surface area contributed by atoms with Crippen LogP contribution in [0.2, 0.25) is 0 Å². The molecule has 2 bridgehead atoms. The van der Waals surface area contributed by atoms with E-state index in [0.29, 0.717) is 30.1 Å². The number of thiophene rings is 1. The van der Waals surface area contributed by atoms with Crippen LogP contribution in [0.4, 0.5) is 0 Å². The van der Waals surface area contributed by atoms with Crippen LogP contribution in [0.3, 0.4) is 0 Å². The SMILES string of the molecule is Cc1sc2nc(CCNC(=O)[C@H]3[C@@H](N)[C@H]4C=C[C@@H]3C4)[nH]c(=O)c2c1C. The second kappa shape index (κ2) is 6.07. The van der Waals surface area contributed by atoms with Crippen molar-refractivity contribution >= 4 is 27.5 Å². The van der Waals surface area contributed by atoms with Gasteiger partial charge in [0.15, 0.2) is 0 Å². The molecule has 2 aliphatic rings. The molecule has 6 nitrogen and oxygen atoms in total. The molecule has 0 spiro atoms. The number of carbonyl (C=O) groups is 1. The molecule has 0 saturated heterocycles. The monoisotopic (exact) mass is 358 g/mol. The summed E-state index contributed by atoms with van der Waals surface area (Å²) in [6.45, 7) is 4.38. The molecule has 1 amide bonds. The fraction of sp³-hybridized carbons (Fsp3) is 0.500. The number of amides is 1. The van der Waals surface area contributed by atoms with Gasteiger partial charge in [-0.15, -0.1) is 11.3 Å². The van der Waals surface area contributed by atoms with Gasteiger partial charge >= 0.3 is 0 Å². The van der Waals surface area contributed by atoms with Gasteiger partial charge in [-0.1, -0.05) is 12.2 Å². The molecular formula is C18H22N4O2S. The van der Waals surface area contributed by atoms with Crippen molar-refractivity contribution in [2.75, 3.05) is 6.54 Å². The number of nitrogens with one attached hydrogen (secondary N) is 2. The molecule has 4 rings (SSSR count). The van der Waals surface area contributed by atoms with E-state index in [1.54, 1.807) is 0 Å². The Balaban J connectivity index is 1.42. The summed E-state index contributed by atoms with van der Waals surface area (Å²) in [6, 6.07) is -0.0821. The Bertz CT molecular complexity index is 929. The predicted molar refractivity (Wildman–Crippen MR) is 98.6 cm³/mol. The predicted octanol–water partition coefficient (Wildman–Crippen LogP) is 1.41. The molecule has 25 heavy (non-hydrogen) atoms. The molecule has 0 radical (unpaired) electrons. The minimum atomic E-state index is -0.132. The second-order valence-electron chi connectivity index (χ2n) is 7.07. The van der Waals surface area contributed by atoms with Crippen LogP contribution < -0.4 is 16.6 Å². The van der Waals surface area contributed by atoms with Crippen molar-refractivity contribution in [3.05, 3.63) is 38.8 Å². The van der Waals surface area contributed by atoms with Crippen LogP contribution >= 0.6 is 11.3 Å². The Morgan fingerprint density at radius 3 is 2.88 bits per heavy atom. The third-order valence-electron chi connectivity index (χ3n) is 5.57. The summed E-state index contributed by atoms with van der Waals surface area (Å²) >= 11 is 1.53. The summed E-state index contributed by atoms with van der Waals surface area (Å²) in [6.07, 6.45) is 5.74. The molecule has 0 aromatic carbocycles. The standard InChI is InChI=1S/C18H22N4O2S/c1-8-9(2)25-18-13(8)17(24)21-12(22-18)5-6-20-16(23)14-10-3-4-11(7-10)15(14)19/h3-4,10-11,14-15H,5-7,19H2,1-2H3,(H,20,23)(H,21,22,24)/t10-,11+,14-,15+/m1/s1. The third-order valence-corrected chi connectivity index (χ3v) is 6.67. The van der Waals surface area contributed by atoms with Gasteiger partial charge in [-0.25, -0.2) is 4.98 Å².